The van der Waals surface area contributed by atoms with Gasteiger partial charge in [-0.2, -0.15) is 0 Å². The highest BCUT2D eigenvalue weighted by Gasteiger charge is 2.20. The lowest BCUT2D eigenvalue weighted by Gasteiger charge is -2.10. The van der Waals surface area contributed by atoms with Gasteiger partial charge >= 0.3 is 0 Å². The molecule has 2 heterocycles. The predicted molar refractivity (Wildman–Crippen MR) is 73.9 cm³/mol. The Balaban J connectivity index is 1.81. The predicted octanol–water partition coefficient (Wildman–Crippen LogP) is 2.72. The van der Waals surface area contributed by atoms with E-state index in [0.29, 0.717) is 6.04 Å². The molecule has 1 aliphatic heterocycles. The Hall–Kier alpha value is -1.13. The maximum atomic E-state index is 4.65. The number of fused-ring (bicyclic) bond motifs is 1. The summed E-state index contributed by atoms with van der Waals surface area (Å²) in [6.07, 6.45) is 1.21. The van der Waals surface area contributed by atoms with E-state index in [1.54, 1.807) is 11.3 Å². The lowest BCUT2D eigenvalue weighted by molar-refractivity contribution is 0.414. The number of rotatable bonds is 2. The molecule has 0 amide bonds. The van der Waals surface area contributed by atoms with E-state index in [1.165, 1.54) is 23.2 Å². The summed E-state index contributed by atoms with van der Waals surface area (Å²) < 4.78 is 1.27. The van der Waals surface area contributed by atoms with Gasteiger partial charge in [0.2, 0.25) is 0 Å². The summed E-state index contributed by atoms with van der Waals surface area (Å²) in [7, 11) is 2.17. The van der Waals surface area contributed by atoms with E-state index in [4.69, 9.17) is 0 Å². The Morgan fingerprint density at radius 2 is 2.35 bits per heavy atom. The molecule has 1 unspecified atom stereocenters. The number of nitrogens with one attached hydrogen (secondary N) is 1. The number of aryl methyl sites for hydroxylation is 1. The van der Waals surface area contributed by atoms with Crippen molar-refractivity contribution in [3.05, 3.63) is 23.8 Å². The number of anilines is 1. The Morgan fingerprint density at radius 1 is 1.47 bits per heavy atom. The number of thiazole rings is 1. The molecule has 1 fully saturated rings. The van der Waals surface area contributed by atoms with Gasteiger partial charge < -0.3 is 10.2 Å². The number of likely N-dealkylation sites (tertiary alicyclic amines) is 1. The molecule has 90 valence electrons. The molecule has 3 rings (SSSR count). The second-order valence-electron chi connectivity index (χ2n) is 4.88. The minimum Gasteiger partial charge on any atom is -0.357 e. The standard InChI is InChI=1S/C13H17N3S/c1-9-3-4-12-11(7-9)15-13(17-12)14-10-5-6-16(2)8-10/h3-4,7,10H,5-6,8H2,1-2H3,(H,14,15). The van der Waals surface area contributed by atoms with Crippen LogP contribution in [0.5, 0.6) is 0 Å². The first-order valence-electron chi connectivity index (χ1n) is 6.03. The number of benzene rings is 1. The third kappa shape index (κ3) is 2.28. The molecule has 0 aliphatic carbocycles. The molecule has 0 bridgehead atoms. The molecule has 1 saturated heterocycles. The third-order valence-corrected chi connectivity index (χ3v) is 4.23. The highest BCUT2D eigenvalue weighted by Crippen LogP contribution is 2.27. The maximum absolute atomic E-state index is 4.65. The molecule has 3 nitrogen and oxygen atoms in total. The second kappa shape index (κ2) is 4.27. The van der Waals surface area contributed by atoms with Crippen molar-refractivity contribution in [2.75, 3.05) is 25.5 Å². The molecule has 2 aromatic rings. The minimum absolute atomic E-state index is 0.557. The Bertz CT molecular complexity index is 534. The number of hydrogen-bond acceptors (Lipinski definition) is 4. The van der Waals surface area contributed by atoms with Crippen molar-refractivity contribution in [1.82, 2.24) is 9.88 Å². The van der Waals surface area contributed by atoms with Crippen LogP contribution in [0.4, 0.5) is 5.13 Å². The van der Waals surface area contributed by atoms with Crippen molar-refractivity contribution < 1.29 is 0 Å². The average molecular weight is 247 g/mol. The summed E-state index contributed by atoms with van der Waals surface area (Å²) >= 11 is 1.75. The molecule has 0 spiro atoms. The van der Waals surface area contributed by atoms with Crippen molar-refractivity contribution in [3.8, 4) is 0 Å². The van der Waals surface area contributed by atoms with E-state index in [9.17, 15) is 0 Å². The fourth-order valence-corrected chi connectivity index (χ4v) is 3.25. The van der Waals surface area contributed by atoms with Crippen molar-refractivity contribution >= 4 is 26.7 Å². The molecule has 4 heteroatoms. The quantitative estimate of drug-likeness (QED) is 0.884. The highest BCUT2D eigenvalue weighted by molar-refractivity contribution is 7.22. The largest absolute Gasteiger partial charge is 0.357 e. The van der Waals surface area contributed by atoms with Crippen LogP contribution in [0.15, 0.2) is 18.2 Å². The van der Waals surface area contributed by atoms with Crippen molar-refractivity contribution in [2.24, 2.45) is 0 Å². The topological polar surface area (TPSA) is 28.2 Å². The van der Waals surface area contributed by atoms with Gasteiger partial charge in [-0.05, 0) is 44.6 Å². The number of likely N-dealkylation sites (N-methyl/N-ethyl adjacent to an activating group) is 1. The second-order valence-corrected chi connectivity index (χ2v) is 5.91. The van der Waals surface area contributed by atoms with E-state index in [-0.39, 0.29) is 0 Å². The summed E-state index contributed by atoms with van der Waals surface area (Å²) in [4.78, 5) is 7.01. The van der Waals surface area contributed by atoms with Gasteiger partial charge in [0.25, 0.3) is 0 Å². The van der Waals surface area contributed by atoms with Gasteiger partial charge in [-0.25, -0.2) is 4.98 Å². The van der Waals surface area contributed by atoms with Crippen LogP contribution in [0.1, 0.15) is 12.0 Å². The van der Waals surface area contributed by atoms with Crippen LogP contribution in [-0.2, 0) is 0 Å². The Labute approximate surface area is 105 Å². The Morgan fingerprint density at radius 3 is 3.12 bits per heavy atom. The SMILES string of the molecule is Cc1ccc2sc(NC3CCN(C)C3)nc2c1. The van der Waals surface area contributed by atoms with Crippen LogP contribution in [0, 0.1) is 6.92 Å². The van der Waals surface area contributed by atoms with Crippen molar-refractivity contribution in [1.29, 1.82) is 0 Å². The molecule has 1 aromatic heterocycles. The van der Waals surface area contributed by atoms with Crippen LogP contribution in [-0.4, -0.2) is 36.1 Å². The monoisotopic (exact) mass is 247 g/mol. The smallest absolute Gasteiger partial charge is 0.184 e. The van der Waals surface area contributed by atoms with Gasteiger partial charge in [-0.1, -0.05) is 17.4 Å². The zero-order valence-electron chi connectivity index (χ0n) is 10.2. The van der Waals surface area contributed by atoms with Gasteiger partial charge in [0.15, 0.2) is 5.13 Å². The first-order chi connectivity index (χ1) is 8.20. The lowest BCUT2D eigenvalue weighted by Crippen LogP contribution is -2.23. The van der Waals surface area contributed by atoms with Gasteiger partial charge in [-0.15, -0.1) is 0 Å². The summed E-state index contributed by atoms with van der Waals surface area (Å²) in [5, 5.41) is 4.61. The van der Waals surface area contributed by atoms with Crippen molar-refractivity contribution in [2.45, 2.75) is 19.4 Å². The van der Waals surface area contributed by atoms with Gasteiger partial charge in [-0.3, -0.25) is 0 Å². The van der Waals surface area contributed by atoms with E-state index in [1.807, 2.05) is 0 Å². The minimum atomic E-state index is 0.557. The summed E-state index contributed by atoms with van der Waals surface area (Å²) in [6.45, 7) is 4.41. The summed E-state index contributed by atoms with van der Waals surface area (Å²) in [6, 6.07) is 7.02. The van der Waals surface area contributed by atoms with E-state index >= 15 is 0 Å². The van der Waals surface area contributed by atoms with Crippen LogP contribution < -0.4 is 5.32 Å². The van der Waals surface area contributed by atoms with Gasteiger partial charge in [0.1, 0.15) is 0 Å². The average Bonchev–Trinajstić information content (AvgIpc) is 2.84. The third-order valence-electron chi connectivity index (χ3n) is 3.26. The molecular formula is C13H17N3S. The van der Waals surface area contributed by atoms with Crippen LogP contribution in [0.3, 0.4) is 0 Å². The first-order valence-corrected chi connectivity index (χ1v) is 6.84. The highest BCUT2D eigenvalue weighted by atomic mass is 32.1. The van der Waals surface area contributed by atoms with Gasteiger partial charge in [0, 0.05) is 12.6 Å². The fourth-order valence-electron chi connectivity index (χ4n) is 2.33. The Kier molecular flexibility index (Phi) is 2.76. The van der Waals surface area contributed by atoms with Gasteiger partial charge in [0.05, 0.1) is 10.2 Å². The molecule has 1 atom stereocenters. The number of nitrogens with zero attached hydrogens (tertiary/aromatic N) is 2. The molecular weight excluding hydrogens is 230 g/mol. The van der Waals surface area contributed by atoms with Crippen LogP contribution in [0.2, 0.25) is 0 Å². The normalized spacial score (nSPS) is 21.2. The molecule has 1 N–H and O–H groups in total. The van der Waals surface area contributed by atoms with E-state index in [0.717, 1.165) is 17.2 Å². The van der Waals surface area contributed by atoms with Crippen LogP contribution in [0.25, 0.3) is 10.2 Å². The molecule has 1 aliphatic rings. The molecule has 0 radical (unpaired) electrons. The van der Waals surface area contributed by atoms with E-state index in [2.05, 4.69) is 47.4 Å². The zero-order chi connectivity index (χ0) is 11.8. The van der Waals surface area contributed by atoms with Crippen LogP contribution >= 0.6 is 11.3 Å². The first kappa shape index (κ1) is 11.0. The summed E-state index contributed by atoms with van der Waals surface area (Å²) in [5.74, 6) is 0. The number of hydrogen-bond donors (Lipinski definition) is 1. The molecule has 0 saturated carbocycles. The fraction of sp³-hybridized carbons (Fsp3) is 0.462. The molecule has 1 aromatic carbocycles. The summed E-state index contributed by atoms with van der Waals surface area (Å²) in [5.41, 5.74) is 2.39. The zero-order valence-corrected chi connectivity index (χ0v) is 11.0. The molecule has 17 heavy (non-hydrogen) atoms. The van der Waals surface area contributed by atoms with E-state index < -0.39 is 0 Å². The maximum Gasteiger partial charge on any atom is 0.184 e. The van der Waals surface area contributed by atoms with Crippen molar-refractivity contribution in [3.63, 3.8) is 0 Å². The lowest BCUT2D eigenvalue weighted by atomic mass is 10.2. The number of aromatic nitrogens is 1.